The molecule has 0 aromatic heterocycles. The first-order valence-electron chi connectivity index (χ1n) is 11.1. The van der Waals surface area contributed by atoms with Crippen molar-refractivity contribution >= 4 is 17.4 Å². The third-order valence-electron chi connectivity index (χ3n) is 6.30. The van der Waals surface area contributed by atoms with E-state index < -0.39 is 0 Å². The van der Waals surface area contributed by atoms with Crippen molar-refractivity contribution in [1.29, 1.82) is 0 Å². The number of hydrogen-bond donors (Lipinski definition) is 0. The van der Waals surface area contributed by atoms with Gasteiger partial charge in [0.1, 0.15) is 5.70 Å². The van der Waals surface area contributed by atoms with Crippen LogP contribution >= 0.6 is 0 Å². The van der Waals surface area contributed by atoms with Gasteiger partial charge in [-0.1, -0.05) is 37.3 Å². The van der Waals surface area contributed by atoms with E-state index >= 15 is 0 Å². The van der Waals surface area contributed by atoms with E-state index in [4.69, 9.17) is 4.74 Å². The summed E-state index contributed by atoms with van der Waals surface area (Å²) in [6, 6.07) is 9.65. The first kappa shape index (κ1) is 21.0. The molecule has 0 radical (unpaired) electrons. The number of nitrogens with zero attached hydrogens (tertiary/aromatic N) is 4. The van der Waals surface area contributed by atoms with E-state index in [1.54, 1.807) is 0 Å². The average molecular weight is 413 g/mol. The van der Waals surface area contributed by atoms with Crippen LogP contribution in [0.4, 0.5) is 0 Å². The first-order valence-corrected chi connectivity index (χ1v) is 11.1. The maximum Gasteiger partial charge on any atom is 0.277 e. The maximum atomic E-state index is 13.4. The summed E-state index contributed by atoms with van der Waals surface area (Å²) in [6.07, 6.45) is 0.788. The van der Waals surface area contributed by atoms with Crippen molar-refractivity contribution in [3.8, 4) is 0 Å². The molecule has 3 aliphatic rings. The quantitative estimate of drug-likeness (QED) is 0.626. The fourth-order valence-electron chi connectivity index (χ4n) is 4.49. The zero-order valence-electron chi connectivity index (χ0n) is 17.9. The summed E-state index contributed by atoms with van der Waals surface area (Å²) >= 11 is 0. The lowest BCUT2D eigenvalue weighted by Gasteiger charge is -2.36. The van der Waals surface area contributed by atoms with Crippen molar-refractivity contribution in [3.63, 3.8) is 0 Å². The van der Waals surface area contributed by atoms with Gasteiger partial charge in [0.25, 0.3) is 11.8 Å². The average Bonchev–Trinajstić information content (AvgIpc) is 3.05. The third kappa shape index (κ3) is 4.43. The Balaban J connectivity index is 1.50. The molecule has 0 unspecified atom stereocenters. The summed E-state index contributed by atoms with van der Waals surface area (Å²) in [4.78, 5) is 35.0. The number of morpholine rings is 1. The second-order valence-electron chi connectivity index (χ2n) is 8.08. The molecule has 0 N–H and O–H groups in total. The van der Waals surface area contributed by atoms with Crippen LogP contribution in [0.1, 0.15) is 18.9 Å². The van der Waals surface area contributed by atoms with Crippen molar-refractivity contribution in [2.75, 3.05) is 72.1 Å². The van der Waals surface area contributed by atoms with E-state index in [0.717, 1.165) is 77.6 Å². The van der Waals surface area contributed by atoms with Crippen molar-refractivity contribution in [2.45, 2.75) is 13.3 Å². The first-order chi connectivity index (χ1) is 14.7. The van der Waals surface area contributed by atoms with Gasteiger partial charge in [0.2, 0.25) is 0 Å². The van der Waals surface area contributed by atoms with Gasteiger partial charge in [0.05, 0.1) is 18.8 Å². The molecule has 30 heavy (non-hydrogen) atoms. The van der Waals surface area contributed by atoms with Crippen molar-refractivity contribution in [1.82, 2.24) is 19.6 Å². The van der Waals surface area contributed by atoms with Crippen LogP contribution in [-0.4, -0.2) is 104 Å². The van der Waals surface area contributed by atoms with Gasteiger partial charge in [-0.2, -0.15) is 0 Å². The summed E-state index contributed by atoms with van der Waals surface area (Å²) in [7, 11) is 0. The Morgan fingerprint density at radius 2 is 1.53 bits per heavy atom. The minimum absolute atomic E-state index is 0.134. The summed E-state index contributed by atoms with van der Waals surface area (Å²) < 4.78 is 5.40. The van der Waals surface area contributed by atoms with Gasteiger partial charge in [0.15, 0.2) is 0 Å². The molecule has 7 nitrogen and oxygen atoms in total. The molecule has 0 atom stereocenters. The Hall–Kier alpha value is -2.22. The summed E-state index contributed by atoms with van der Waals surface area (Å²) in [6.45, 7) is 11.3. The largest absolute Gasteiger partial charge is 0.379 e. The molecule has 3 heterocycles. The molecule has 0 aliphatic carbocycles. The fourth-order valence-corrected chi connectivity index (χ4v) is 4.49. The maximum absolute atomic E-state index is 13.4. The summed E-state index contributed by atoms with van der Waals surface area (Å²) in [5.41, 5.74) is 1.99. The van der Waals surface area contributed by atoms with Gasteiger partial charge in [-0.05, 0) is 18.5 Å². The lowest BCUT2D eigenvalue weighted by Crippen LogP contribution is -2.47. The highest BCUT2D eigenvalue weighted by Crippen LogP contribution is 2.32. The van der Waals surface area contributed by atoms with Crippen LogP contribution in [0.3, 0.4) is 0 Å². The van der Waals surface area contributed by atoms with E-state index in [2.05, 4.69) is 21.6 Å². The lowest BCUT2D eigenvalue weighted by atomic mass is 10.0. The van der Waals surface area contributed by atoms with E-state index in [9.17, 15) is 9.59 Å². The Labute approximate surface area is 178 Å². The molecule has 7 heteroatoms. The van der Waals surface area contributed by atoms with Gasteiger partial charge >= 0.3 is 0 Å². The molecule has 4 rings (SSSR count). The van der Waals surface area contributed by atoms with E-state index in [0.29, 0.717) is 17.8 Å². The van der Waals surface area contributed by atoms with Crippen LogP contribution in [0.5, 0.6) is 0 Å². The number of carbonyl (C=O) groups excluding carboxylic acids is 2. The molecule has 162 valence electrons. The van der Waals surface area contributed by atoms with Gasteiger partial charge < -0.3 is 14.5 Å². The van der Waals surface area contributed by atoms with Gasteiger partial charge in [0, 0.05) is 52.4 Å². The highest BCUT2D eigenvalue weighted by atomic mass is 16.5. The number of imide groups is 1. The molecule has 1 aromatic rings. The molecular formula is C23H32N4O3. The Kier molecular flexibility index (Phi) is 6.82. The van der Waals surface area contributed by atoms with Gasteiger partial charge in [-0.25, -0.2) is 0 Å². The summed E-state index contributed by atoms with van der Waals surface area (Å²) in [5, 5.41) is 0. The Morgan fingerprint density at radius 1 is 0.833 bits per heavy atom. The Morgan fingerprint density at radius 3 is 2.20 bits per heavy atom. The van der Waals surface area contributed by atoms with Crippen LogP contribution in [0, 0.1) is 0 Å². The molecule has 1 aromatic carbocycles. The standard InChI is InChI=1S/C23H32N4O3/c1-2-24-11-13-26(14-12-24)21-20(19-7-4-3-5-8-19)22(28)27(23(21)29)10-6-9-25-15-17-30-18-16-25/h3-5,7-8H,2,6,9-18H2,1H3. The molecule has 0 bridgehead atoms. The molecule has 2 saturated heterocycles. The number of likely N-dealkylation sites (N-methyl/N-ethyl adjacent to an activating group) is 1. The SMILES string of the molecule is CCN1CCN(C2=C(c3ccccc3)C(=O)N(CCCN3CCOCC3)C2=O)CC1. The number of ether oxygens (including phenoxy) is 1. The number of rotatable bonds is 7. The fraction of sp³-hybridized carbons (Fsp3) is 0.565. The van der Waals surface area contributed by atoms with Crippen molar-refractivity contribution < 1.29 is 14.3 Å². The van der Waals surface area contributed by atoms with Crippen molar-refractivity contribution in [3.05, 3.63) is 41.6 Å². The molecule has 2 amide bonds. The minimum atomic E-state index is -0.152. The van der Waals surface area contributed by atoms with Gasteiger partial charge in [-0.15, -0.1) is 0 Å². The molecule has 0 saturated carbocycles. The zero-order chi connectivity index (χ0) is 20.9. The second-order valence-corrected chi connectivity index (χ2v) is 8.08. The minimum Gasteiger partial charge on any atom is -0.379 e. The second kappa shape index (κ2) is 9.73. The molecule has 0 spiro atoms. The molecule has 2 fully saturated rings. The van der Waals surface area contributed by atoms with Crippen LogP contribution in [0.2, 0.25) is 0 Å². The smallest absolute Gasteiger partial charge is 0.277 e. The third-order valence-corrected chi connectivity index (χ3v) is 6.30. The highest BCUT2D eigenvalue weighted by molar-refractivity contribution is 6.35. The van der Waals surface area contributed by atoms with E-state index in [-0.39, 0.29) is 11.8 Å². The van der Waals surface area contributed by atoms with Crippen molar-refractivity contribution in [2.24, 2.45) is 0 Å². The monoisotopic (exact) mass is 412 g/mol. The lowest BCUT2D eigenvalue weighted by molar-refractivity contribution is -0.137. The molecule has 3 aliphatic heterocycles. The topological polar surface area (TPSA) is 56.3 Å². The predicted molar refractivity (Wildman–Crippen MR) is 116 cm³/mol. The summed E-state index contributed by atoms with van der Waals surface area (Å²) in [5.74, 6) is -0.285. The van der Waals surface area contributed by atoms with Crippen LogP contribution in [-0.2, 0) is 14.3 Å². The molecular weight excluding hydrogens is 380 g/mol. The number of amides is 2. The normalized spacial score (nSPS) is 21.8. The Bertz CT molecular complexity index is 781. The zero-order valence-corrected chi connectivity index (χ0v) is 17.9. The van der Waals surface area contributed by atoms with E-state index in [1.807, 2.05) is 30.3 Å². The number of piperazine rings is 1. The number of hydrogen-bond acceptors (Lipinski definition) is 6. The predicted octanol–water partition coefficient (Wildman–Crippen LogP) is 1.13. The number of benzene rings is 1. The van der Waals surface area contributed by atoms with E-state index in [1.165, 1.54) is 4.90 Å². The highest BCUT2D eigenvalue weighted by Gasteiger charge is 2.41. The van der Waals surface area contributed by atoms with Gasteiger partial charge in [-0.3, -0.25) is 19.4 Å². The van der Waals surface area contributed by atoms with Crippen LogP contribution in [0.25, 0.3) is 5.57 Å². The number of carbonyl (C=O) groups is 2. The van der Waals surface area contributed by atoms with Crippen LogP contribution in [0.15, 0.2) is 36.0 Å². The van der Waals surface area contributed by atoms with Crippen LogP contribution < -0.4 is 0 Å².